The molecule has 3 N–H and O–H groups in total. The summed E-state index contributed by atoms with van der Waals surface area (Å²) in [5, 5.41) is 25.6. The Balaban J connectivity index is 0.000000430. The van der Waals surface area contributed by atoms with E-state index in [2.05, 4.69) is 26.2 Å². The van der Waals surface area contributed by atoms with Crippen LogP contribution in [0.25, 0.3) is 0 Å². The van der Waals surface area contributed by atoms with Crippen LogP contribution >= 0.6 is 0 Å². The van der Waals surface area contributed by atoms with E-state index in [1.54, 1.807) is 12.4 Å². The number of aliphatic carboxylic acids is 3. The highest BCUT2D eigenvalue weighted by Gasteiger charge is 2.39. The van der Waals surface area contributed by atoms with Crippen molar-refractivity contribution in [2.24, 2.45) is 7.05 Å². The van der Waals surface area contributed by atoms with Crippen LogP contribution in [0.5, 0.6) is 0 Å². The fourth-order valence-corrected chi connectivity index (χ4v) is 3.46. The average Bonchev–Trinajstić information content (AvgIpc) is 3.37. The maximum Gasteiger partial charge on any atom is 0.490 e. The number of fused-ring (bicyclic) bond motifs is 1. The number of hydrogen-bond acceptors (Lipinski definition) is 8. The third-order valence-corrected chi connectivity index (χ3v) is 5.48. The van der Waals surface area contributed by atoms with E-state index in [-0.39, 0.29) is 0 Å². The van der Waals surface area contributed by atoms with Gasteiger partial charge in [-0.1, -0.05) is 0 Å². The Hall–Kier alpha value is -4.79. The van der Waals surface area contributed by atoms with Crippen molar-refractivity contribution in [1.82, 2.24) is 24.6 Å². The molecule has 0 spiro atoms. The second-order valence-electron chi connectivity index (χ2n) is 9.18. The minimum Gasteiger partial charge on any atom is -0.475 e. The molecule has 1 aliphatic rings. The molecule has 0 aromatic carbocycles. The Kier molecular flexibility index (Phi) is 15.2. The number of hydrogen-bond donors (Lipinski definition) is 3. The molecule has 0 unspecified atom stereocenters. The first-order chi connectivity index (χ1) is 21.6. The van der Waals surface area contributed by atoms with Crippen LogP contribution in [-0.4, -0.2) is 82.9 Å². The summed E-state index contributed by atoms with van der Waals surface area (Å²) < 4.78 is 103. The smallest absolute Gasteiger partial charge is 0.475 e. The van der Waals surface area contributed by atoms with Gasteiger partial charge in [-0.3, -0.25) is 19.5 Å². The zero-order chi connectivity index (χ0) is 36.0. The molecule has 260 valence electrons. The molecule has 4 heterocycles. The van der Waals surface area contributed by atoms with Crippen LogP contribution in [0.1, 0.15) is 27.8 Å². The first kappa shape index (κ1) is 40.2. The Morgan fingerprint density at radius 2 is 1.30 bits per heavy atom. The molecule has 3 aromatic rings. The lowest BCUT2D eigenvalue weighted by Crippen LogP contribution is -2.30. The second-order valence-corrected chi connectivity index (χ2v) is 9.18. The summed E-state index contributed by atoms with van der Waals surface area (Å²) in [7, 11) is 1.96. The molecule has 0 bridgehead atoms. The van der Waals surface area contributed by atoms with Gasteiger partial charge in [0.1, 0.15) is 0 Å². The Morgan fingerprint density at radius 3 is 1.74 bits per heavy atom. The van der Waals surface area contributed by atoms with E-state index in [0.717, 1.165) is 31.6 Å². The number of carboxylic acids is 3. The molecule has 4 rings (SSSR count). The molecule has 0 saturated heterocycles. The lowest BCUT2D eigenvalue weighted by Gasteiger charge is -2.29. The molecule has 1 aliphatic heterocycles. The highest BCUT2D eigenvalue weighted by atomic mass is 19.4. The minimum absolute atomic E-state index is 0.597. The molecule has 0 atom stereocenters. The summed E-state index contributed by atoms with van der Waals surface area (Å²) in [4.78, 5) is 37.6. The standard InChI is InChI=1S/C20H23N5O.3C2HF3O2/c1-24-11-17(8-23-24)12-25-7-4-20-18(13-25)9-22-10-19(20)15-26-14-16-2-5-21-6-3-16;3*3-2(4,5)1(6)7/h2-3,5-6,8-11H,4,7,12-15H2,1H3;3*(H,6,7). The number of aromatic nitrogens is 4. The second kappa shape index (κ2) is 17.8. The molecule has 0 amide bonds. The van der Waals surface area contributed by atoms with Gasteiger partial charge in [0.25, 0.3) is 0 Å². The molecule has 47 heavy (non-hydrogen) atoms. The number of carbonyl (C=O) groups is 3. The largest absolute Gasteiger partial charge is 0.490 e. The zero-order valence-corrected chi connectivity index (χ0v) is 24.0. The van der Waals surface area contributed by atoms with Crippen molar-refractivity contribution in [1.29, 1.82) is 0 Å². The van der Waals surface area contributed by atoms with E-state index >= 15 is 0 Å². The van der Waals surface area contributed by atoms with E-state index in [0.29, 0.717) is 13.2 Å². The third-order valence-electron chi connectivity index (χ3n) is 5.48. The van der Waals surface area contributed by atoms with E-state index < -0.39 is 36.4 Å². The number of ether oxygens (including phenoxy) is 1. The molecular weight excluding hydrogens is 665 g/mol. The molecule has 3 aromatic heterocycles. The molecule has 0 aliphatic carbocycles. The highest BCUT2D eigenvalue weighted by molar-refractivity contribution is 5.73. The molecule has 0 radical (unpaired) electrons. The van der Waals surface area contributed by atoms with Crippen molar-refractivity contribution in [3.05, 3.63) is 77.1 Å². The number of carboxylic acid groups (broad SMARTS) is 3. The molecule has 21 heteroatoms. The summed E-state index contributed by atoms with van der Waals surface area (Å²) in [5.41, 5.74) is 6.31. The van der Waals surface area contributed by atoms with E-state index in [1.807, 2.05) is 42.5 Å². The Labute approximate surface area is 259 Å². The zero-order valence-electron chi connectivity index (χ0n) is 24.0. The molecule has 12 nitrogen and oxygen atoms in total. The van der Waals surface area contributed by atoms with Crippen molar-refractivity contribution in [2.45, 2.75) is 51.3 Å². The number of alkyl halides is 9. The lowest BCUT2D eigenvalue weighted by molar-refractivity contribution is -0.193. The van der Waals surface area contributed by atoms with Crippen molar-refractivity contribution in [3.8, 4) is 0 Å². The first-order valence-electron chi connectivity index (χ1n) is 12.6. The van der Waals surface area contributed by atoms with Gasteiger partial charge in [0.05, 0.1) is 19.4 Å². The van der Waals surface area contributed by atoms with Crippen LogP contribution in [0, 0.1) is 0 Å². The monoisotopic (exact) mass is 691 g/mol. The van der Waals surface area contributed by atoms with Gasteiger partial charge < -0.3 is 20.1 Å². The lowest BCUT2D eigenvalue weighted by atomic mass is 9.97. The van der Waals surface area contributed by atoms with Crippen molar-refractivity contribution >= 4 is 17.9 Å². The summed E-state index contributed by atoms with van der Waals surface area (Å²) in [6.07, 6.45) is -2.66. The number of rotatable bonds is 6. The van der Waals surface area contributed by atoms with Gasteiger partial charge in [-0.2, -0.15) is 44.6 Å². The normalized spacial score (nSPS) is 13.0. The number of halogens is 9. The maximum atomic E-state index is 10.6. The van der Waals surface area contributed by atoms with Gasteiger partial charge in [-0.15, -0.1) is 0 Å². The van der Waals surface area contributed by atoms with Crippen LogP contribution in [0.2, 0.25) is 0 Å². The van der Waals surface area contributed by atoms with Crippen molar-refractivity contribution < 1.29 is 74.0 Å². The number of pyridine rings is 2. The number of nitrogens with zero attached hydrogens (tertiary/aromatic N) is 5. The quantitative estimate of drug-likeness (QED) is 0.314. The minimum atomic E-state index is -5.08. The van der Waals surface area contributed by atoms with Gasteiger partial charge in [0.2, 0.25) is 0 Å². The summed E-state index contributed by atoms with van der Waals surface area (Å²) in [6.45, 7) is 4.09. The molecular formula is C26H26F9N5O7. The van der Waals surface area contributed by atoms with Crippen LogP contribution in [0.3, 0.4) is 0 Å². The maximum absolute atomic E-state index is 10.6. The fourth-order valence-electron chi connectivity index (χ4n) is 3.46. The third kappa shape index (κ3) is 15.9. The van der Waals surface area contributed by atoms with Crippen LogP contribution in [-0.2, 0) is 58.9 Å². The van der Waals surface area contributed by atoms with Crippen LogP contribution < -0.4 is 0 Å². The van der Waals surface area contributed by atoms with Crippen LogP contribution in [0.4, 0.5) is 39.5 Å². The predicted octanol–water partition coefficient (Wildman–Crippen LogP) is 4.39. The average molecular weight is 692 g/mol. The van der Waals surface area contributed by atoms with Crippen molar-refractivity contribution in [3.63, 3.8) is 0 Å². The predicted molar refractivity (Wildman–Crippen MR) is 139 cm³/mol. The Bertz CT molecular complexity index is 1390. The van der Waals surface area contributed by atoms with E-state index in [4.69, 9.17) is 34.4 Å². The SMILES string of the molecule is Cn1cc(CN2CCc3c(COCc4ccncc4)cncc3C2)cn1.O=C(O)C(F)(F)F.O=C(O)C(F)(F)F.O=C(O)C(F)(F)F. The fraction of sp³-hybridized carbons (Fsp3) is 0.385. The summed E-state index contributed by atoms with van der Waals surface area (Å²) >= 11 is 0. The van der Waals surface area contributed by atoms with Gasteiger partial charge in [0, 0.05) is 63.2 Å². The van der Waals surface area contributed by atoms with Crippen molar-refractivity contribution in [2.75, 3.05) is 6.54 Å². The van der Waals surface area contributed by atoms with Crippen LogP contribution in [0.15, 0.2) is 49.3 Å². The van der Waals surface area contributed by atoms with E-state index in [1.165, 1.54) is 22.3 Å². The highest BCUT2D eigenvalue weighted by Crippen LogP contribution is 2.24. The topological polar surface area (TPSA) is 168 Å². The van der Waals surface area contributed by atoms with E-state index in [9.17, 15) is 39.5 Å². The van der Waals surface area contributed by atoms with Gasteiger partial charge in [0.15, 0.2) is 0 Å². The summed E-state index contributed by atoms with van der Waals surface area (Å²) in [5.74, 6) is -8.27. The molecule has 0 saturated carbocycles. The number of aryl methyl sites for hydroxylation is 1. The van der Waals surface area contributed by atoms with Gasteiger partial charge >= 0.3 is 36.4 Å². The molecule has 0 fully saturated rings. The summed E-state index contributed by atoms with van der Waals surface area (Å²) in [6, 6.07) is 3.96. The first-order valence-corrected chi connectivity index (χ1v) is 12.6. The van der Waals surface area contributed by atoms with Gasteiger partial charge in [-0.25, -0.2) is 14.4 Å². The Morgan fingerprint density at radius 1 is 0.787 bits per heavy atom. The van der Waals surface area contributed by atoms with Gasteiger partial charge in [-0.05, 0) is 40.8 Å².